The van der Waals surface area contributed by atoms with Crippen molar-refractivity contribution in [2.45, 2.75) is 90.4 Å². The number of nitrogens with one attached hydrogen (secondary N) is 3. The number of fused-ring (bicyclic) bond motifs is 1. The summed E-state index contributed by atoms with van der Waals surface area (Å²) in [7, 11) is 0. The quantitative estimate of drug-likeness (QED) is 0.262. The smallest absolute Gasteiger partial charge is 0.257 e. The van der Waals surface area contributed by atoms with Crippen molar-refractivity contribution in [3.8, 4) is 0 Å². The van der Waals surface area contributed by atoms with Gasteiger partial charge in [0.15, 0.2) is 0 Å². The molecule has 3 atom stereocenters. The van der Waals surface area contributed by atoms with Crippen molar-refractivity contribution in [2.24, 2.45) is 11.7 Å². The minimum Gasteiger partial charge on any atom is -0.368 e. The molecule has 3 aromatic rings. The minimum atomic E-state index is -1.45. The van der Waals surface area contributed by atoms with E-state index in [1.807, 2.05) is 67.9 Å². The summed E-state index contributed by atoms with van der Waals surface area (Å²) in [5.74, 6) is -0.811. The number of hydrogen-bond acceptors (Lipinski definition) is 5. The van der Waals surface area contributed by atoms with Crippen molar-refractivity contribution in [1.82, 2.24) is 20.4 Å². The first-order chi connectivity index (χ1) is 19.9. The highest BCUT2D eigenvalue weighted by atomic mass is 16.2. The highest BCUT2D eigenvalue weighted by Crippen LogP contribution is 2.40. The van der Waals surface area contributed by atoms with E-state index in [0.717, 1.165) is 24.0 Å². The number of anilines is 1. The monoisotopic (exact) mass is 572 g/mol. The lowest BCUT2D eigenvalue weighted by atomic mass is 9.84. The molecule has 42 heavy (non-hydrogen) atoms. The van der Waals surface area contributed by atoms with Crippen molar-refractivity contribution in [3.63, 3.8) is 0 Å². The summed E-state index contributed by atoms with van der Waals surface area (Å²) in [6.07, 6.45) is 3.81. The molecule has 0 fully saturated rings. The summed E-state index contributed by atoms with van der Waals surface area (Å²) in [5, 5.41) is 14.0. The van der Waals surface area contributed by atoms with Gasteiger partial charge in [-0.25, -0.2) is 4.68 Å². The second-order valence-corrected chi connectivity index (χ2v) is 12.3. The van der Waals surface area contributed by atoms with Crippen molar-refractivity contribution in [2.75, 3.05) is 5.32 Å². The third-order valence-electron chi connectivity index (χ3n) is 8.26. The minimum absolute atomic E-state index is 0.0230. The maximum Gasteiger partial charge on any atom is 0.257 e. The zero-order chi connectivity index (χ0) is 30.7. The Morgan fingerprint density at radius 1 is 1.10 bits per heavy atom. The first-order valence-corrected chi connectivity index (χ1v) is 14.8. The van der Waals surface area contributed by atoms with Gasteiger partial charge < -0.3 is 21.7 Å². The van der Waals surface area contributed by atoms with Crippen LogP contribution >= 0.6 is 0 Å². The van der Waals surface area contributed by atoms with Crippen LogP contribution in [0.4, 0.5) is 5.82 Å². The van der Waals surface area contributed by atoms with E-state index >= 15 is 0 Å². The molecular weight excluding hydrogens is 528 g/mol. The Morgan fingerprint density at radius 2 is 1.76 bits per heavy atom. The molecule has 0 radical (unpaired) electrons. The van der Waals surface area contributed by atoms with E-state index < -0.39 is 29.3 Å². The maximum atomic E-state index is 14.1. The molecule has 9 heteroatoms. The van der Waals surface area contributed by atoms with Crippen LogP contribution in [0.25, 0.3) is 0 Å². The fourth-order valence-electron chi connectivity index (χ4n) is 5.80. The molecule has 1 aromatic heterocycles. The van der Waals surface area contributed by atoms with Gasteiger partial charge in [0.1, 0.15) is 23.0 Å². The van der Waals surface area contributed by atoms with Crippen molar-refractivity contribution >= 4 is 23.5 Å². The second-order valence-electron chi connectivity index (χ2n) is 12.3. The normalized spacial score (nSPS) is 17.8. The Labute approximate surface area is 248 Å². The van der Waals surface area contributed by atoms with E-state index in [9.17, 15) is 14.4 Å². The predicted molar refractivity (Wildman–Crippen MR) is 165 cm³/mol. The van der Waals surface area contributed by atoms with Gasteiger partial charge in [-0.2, -0.15) is 5.10 Å². The van der Waals surface area contributed by atoms with E-state index in [4.69, 9.17) is 5.73 Å². The first kappa shape index (κ1) is 30.8. The molecule has 1 aliphatic rings. The largest absolute Gasteiger partial charge is 0.368 e. The summed E-state index contributed by atoms with van der Waals surface area (Å²) in [6.45, 7) is 12.0. The summed E-state index contributed by atoms with van der Waals surface area (Å²) in [4.78, 5) is 40.5. The number of primary amides is 1. The van der Waals surface area contributed by atoms with E-state index in [1.165, 1.54) is 0 Å². The summed E-state index contributed by atoms with van der Waals surface area (Å²) >= 11 is 0. The molecular formula is C33H44N6O3. The zero-order valence-corrected chi connectivity index (χ0v) is 25.5. The SMILES string of the molecule is CCc1ccc(C(CC)(NC(=O)c2cnn3c2N[C@@H](c2ccccc2)CC3(C)C)C(=O)N[C@@H](CC(C)C)C(N)=O)cc1. The number of amides is 3. The number of nitrogens with zero attached hydrogens (tertiary/aromatic N) is 2. The standard InChI is InChI=1S/C33H44N6O3/c1-7-22-14-16-24(17-15-22)33(8-2,31(42)37-26(28(34)40)18-21(3)4)38-30(41)25-20-35-39-29(25)36-27(19-32(39,5)6)23-12-10-9-11-13-23/h9-17,20-21,26-27,36H,7-8,18-19H2,1-6H3,(H2,34,40)(H,37,42)(H,38,41)/t26-,27+,33?/m0/s1. The van der Waals surface area contributed by atoms with Crippen LogP contribution in [0.5, 0.6) is 0 Å². The number of benzene rings is 2. The van der Waals surface area contributed by atoms with Crippen LogP contribution in [0.1, 0.15) is 93.9 Å². The van der Waals surface area contributed by atoms with Crippen LogP contribution < -0.4 is 21.7 Å². The van der Waals surface area contributed by atoms with Gasteiger partial charge in [0, 0.05) is 0 Å². The molecule has 5 N–H and O–H groups in total. The Morgan fingerprint density at radius 3 is 2.33 bits per heavy atom. The molecule has 0 spiro atoms. The maximum absolute atomic E-state index is 14.1. The molecule has 0 bridgehead atoms. The van der Waals surface area contributed by atoms with Crippen LogP contribution in [0.15, 0.2) is 60.8 Å². The number of nitrogens with two attached hydrogens (primary N) is 1. The Kier molecular flexibility index (Phi) is 9.09. The van der Waals surface area contributed by atoms with Gasteiger partial charge in [0.2, 0.25) is 5.91 Å². The van der Waals surface area contributed by atoms with Gasteiger partial charge >= 0.3 is 0 Å². The molecule has 0 aliphatic carbocycles. The zero-order valence-electron chi connectivity index (χ0n) is 25.5. The van der Waals surface area contributed by atoms with Gasteiger partial charge in [-0.05, 0) is 62.1 Å². The molecule has 1 aliphatic heterocycles. The number of aromatic nitrogens is 2. The van der Waals surface area contributed by atoms with Gasteiger partial charge in [-0.1, -0.05) is 82.3 Å². The fraction of sp³-hybridized carbons (Fsp3) is 0.455. The summed E-state index contributed by atoms with van der Waals surface area (Å²) in [5.41, 5.74) is 7.05. The van der Waals surface area contributed by atoms with Crippen LogP contribution in [0.2, 0.25) is 0 Å². The van der Waals surface area contributed by atoms with Gasteiger partial charge in [-0.15, -0.1) is 0 Å². The molecule has 0 saturated heterocycles. The Balaban J connectivity index is 1.73. The first-order valence-electron chi connectivity index (χ1n) is 14.8. The lowest BCUT2D eigenvalue weighted by Gasteiger charge is -2.38. The molecule has 4 rings (SSSR count). The van der Waals surface area contributed by atoms with Crippen LogP contribution in [0.3, 0.4) is 0 Å². The Bertz CT molecular complexity index is 1410. The molecule has 2 aromatic carbocycles. The van der Waals surface area contributed by atoms with E-state index in [-0.39, 0.29) is 23.9 Å². The fourth-order valence-corrected chi connectivity index (χ4v) is 5.80. The predicted octanol–water partition coefficient (Wildman–Crippen LogP) is 4.79. The molecule has 3 amide bonds. The third kappa shape index (κ3) is 6.20. The van der Waals surface area contributed by atoms with Crippen LogP contribution in [-0.4, -0.2) is 33.5 Å². The summed E-state index contributed by atoms with van der Waals surface area (Å²) in [6, 6.07) is 16.9. The van der Waals surface area contributed by atoms with E-state index in [0.29, 0.717) is 23.4 Å². The van der Waals surface area contributed by atoms with Crippen molar-refractivity contribution in [3.05, 3.63) is 83.0 Å². The molecule has 0 saturated carbocycles. The topological polar surface area (TPSA) is 131 Å². The van der Waals surface area contributed by atoms with Crippen LogP contribution in [0, 0.1) is 5.92 Å². The van der Waals surface area contributed by atoms with Crippen molar-refractivity contribution in [1.29, 1.82) is 0 Å². The third-order valence-corrected chi connectivity index (χ3v) is 8.26. The van der Waals surface area contributed by atoms with Crippen molar-refractivity contribution < 1.29 is 14.4 Å². The van der Waals surface area contributed by atoms with Gasteiger partial charge in [0.25, 0.3) is 11.8 Å². The average molecular weight is 573 g/mol. The number of carbonyl (C=O) groups excluding carboxylic acids is 3. The summed E-state index contributed by atoms with van der Waals surface area (Å²) < 4.78 is 1.84. The van der Waals surface area contributed by atoms with E-state index in [2.05, 4.69) is 54.0 Å². The van der Waals surface area contributed by atoms with Crippen LogP contribution in [-0.2, 0) is 27.1 Å². The van der Waals surface area contributed by atoms with Gasteiger partial charge in [-0.3, -0.25) is 14.4 Å². The number of rotatable bonds is 11. The number of hydrogen-bond donors (Lipinski definition) is 4. The second kappa shape index (κ2) is 12.4. The molecule has 224 valence electrons. The number of carbonyl (C=O) groups is 3. The average Bonchev–Trinajstić information content (AvgIpc) is 3.41. The molecule has 2 heterocycles. The molecule has 1 unspecified atom stereocenters. The highest BCUT2D eigenvalue weighted by Gasteiger charge is 2.43. The van der Waals surface area contributed by atoms with E-state index in [1.54, 1.807) is 6.20 Å². The lowest BCUT2D eigenvalue weighted by Crippen LogP contribution is -2.59. The van der Waals surface area contributed by atoms with Gasteiger partial charge in [0.05, 0.1) is 17.8 Å². The number of aryl methyl sites for hydroxylation is 1. The molecule has 9 nitrogen and oxygen atoms in total. The highest BCUT2D eigenvalue weighted by molar-refractivity contribution is 6.03. The Hall–Kier alpha value is -4.14. The lowest BCUT2D eigenvalue weighted by molar-refractivity contribution is -0.132.